The molecule has 0 amide bonds. The number of nitriles is 1. The smallest absolute Gasteiger partial charge is 0.220 e. The molecule has 4 nitrogen and oxygen atoms in total. The fraction of sp³-hybridized carbons (Fsp3) is 0.524. The van der Waals surface area contributed by atoms with Crippen LogP contribution in [0.5, 0.6) is 0 Å². The Bertz CT molecular complexity index is 805. The van der Waals surface area contributed by atoms with Gasteiger partial charge >= 0.3 is 0 Å². The molecule has 2 bridgehead atoms. The van der Waals surface area contributed by atoms with Crippen LogP contribution in [0.2, 0.25) is 0 Å². The molecule has 1 N–H and O–H groups in total. The zero-order chi connectivity index (χ0) is 18.6. The Labute approximate surface area is 149 Å². The number of ether oxygens (including phenoxy) is 1. The van der Waals surface area contributed by atoms with Gasteiger partial charge in [0.2, 0.25) is 5.60 Å². The molecule has 0 saturated carbocycles. The SMILES string of the molecule is CC1=C2CC(C)(C)/C=C/C(=O)/C(C)=C\C3=C[C@H](C)C[C@]3(O2)[C@@]1(O)C#N. The molecule has 0 saturated heterocycles. The Morgan fingerprint density at radius 3 is 2.68 bits per heavy atom. The highest BCUT2D eigenvalue weighted by molar-refractivity contribution is 6.04. The van der Waals surface area contributed by atoms with Crippen LogP contribution in [-0.4, -0.2) is 22.1 Å². The summed E-state index contributed by atoms with van der Waals surface area (Å²) in [5.41, 5.74) is -1.32. The summed E-state index contributed by atoms with van der Waals surface area (Å²) < 4.78 is 6.36. The van der Waals surface area contributed by atoms with Crippen molar-refractivity contribution < 1.29 is 14.6 Å². The highest BCUT2D eigenvalue weighted by Crippen LogP contribution is 2.55. The number of fused-ring (bicyclic) bond motifs is 1. The minimum atomic E-state index is -1.72. The average molecular weight is 339 g/mol. The minimum Gasteiger partial charge on any atom is -0.482 e. The maximum Gasteiger partial charge on any atom is 0.220 e. The number of ketones is 1. The molecule has 0 fully saturated rings. The van der Waals surface area contributed by atoms with Crippen LogP contribution in [-0.2, 0) is 9.53 Å². The van der Waals surface area contributed by atoms with Gasteiger partial charge in [-0.15, -0.1) is 0 Å². The first kappa shape index (κ1) is 17.7. The van der Waals surface area contributed by atoms with Gasteiger partial charge in [-0.1, -0.05) is 32.9 Å². The van der Waals surface area contributed by atoms with Crippen LogP contribution >= 0.6 is 0 Å². The second-order valence-corrected chi connectivity index (χ2v) is 8.29. The van der Waals surface area contributed by atoms with E-state index in [-0.39, 0.29) is 17.1 Å². The predicted molar refractivity (Wildman–Crippen MR) is 95.2 cm³/mol. The lowest BCUT2D eigenvalue weighted by Crippen LogP contribution is -2.52. The molecule has 3 aliphatic rings. The van der Waals surface area contributed by atoms with Crippen molar-refractivity contribution in [3.8, 4) is 6.07 Å². The quantitative estimate of drug-likeness (QED) is 0.682. The van der Waals surface area contributed by atoms with Gasteiger partial charge in [-0.05, 0) is 48.5 Å². The van der Waals surface area contributed by atoms with Gasteiger partial charge < -0.3 is 9.84 Å². The molecule has 1 spiro atoms. The van der Waals surface area contributed by atoms with Gasteiger partial charge in [-0.3, -0.25) is 4.79 Å². The van der Waals surface area contributed by atoms with Crippen LogP contribution in [0.3, 0.4) is 0 Å². The van der Waals surface area contributed by atoms with Crippen LogP contribution in [0.25, 0.3) is 0 Å². The van der Waals surface area contributed by atoms with Gasteiger partial charge in [0.15, 0.2) is 11.4 Å². The van der Waals surface area contributed by atoms with Crippen molar-refractivity contribution in [1.29, 1.82) is 5.26 Å². The maximum atomic E-state index is 12.4. The first-order valence-corrected chi connectivity index (χ1v) is 8.72. The van der Waals surface area contributed by atoms with Crippen LogP contribution in [0.4, 0.5) is 0 Å². The van der Waals surface area contributed by atoms with Gasteiger partial charge in [-0.25, -0.2) is 0 Å². The topological polar surface area (TPSA) is 70.3 Å². The summed E-state index contributed by atoms with van der Waals surface area (Å²) in [6, 6.07) is 2.11. The Balaban J connectivity index is 2.27. The van der Waals surface area contributed by atoms with E-state index in [1.807, 2.05) is 32.9 Å². The number of allylic oxidation sites excluding steroid dienone is 5. The highest BCUT2D eigenvalue weighted by Gasteiger charge is 2.64. The van der Waals surface area contributed by atoms with Crippen molar-refractivity contribution in [2.45, 2.75) is 58.7 Å². The molecular formula is C21H25NO3. The monoisotopic (exact) mass is 339 g/mol. The number of carbonyl (C=O) groups is 1. The Kier molecular flexibility index (Phi) is 3.85. The largest absolute Gasteiger partial charge is 0.482 e. The van der Waals surface area contributed by atoms with E-state index in [4.69, 9.17) is 4.74 Å². The third kappa shape index (κ3) is 2.49. The van der Waals surface area contributed by atoms with E-state index in [2.05, 4.69) is 6.07 Å². The van der Waals surface area contributed by atoms with Crippen molar-refractivity contribution in [3.63, 3.8) is 0 Å². The standard InChI is InChI=1S/C21H25NO3/c1-13-8-16-9-14(2)17(23)6-7-19(4,5)11-18-15(3)20(24,12-22)21(16,10-13)25-18/h6-9,13,24H,10-11H2,1-5H3/b7-6+,14-9-/t13-,20+,21+/m0/s1. The Hall–Kier alpha value is -2.12. The number of aliphatic hydroxyl groups is 1. The molecule has 25 heavy (non-hydrogen) atoms. The van der Waals surface area contributed by atoms with Crippen LogP contribution in [0.15, 0.2) is 46.8 Å². The van der Waals surface area contributed by atoms with Gasteiger partial charge in [0, 0.05) is 18.4 Å². The summed E-state index contributed by atoms with van der Waals surface area (Å²) in [4.78, 5) is 12.4. The number of rotatable bonds is 0. The predicted octanol–water partition coefficient (Wildman–Crippen LogP) is 3.75. The van der Waals surface area contributed by atoms with Gasteiger partial charge in [0.25, 0.3) is 0 Å². The molecule has 2 aliphatic heterocycles. The second-order valence-electron chi connectivity index (χ2n) is 8.29. The number of hydrogen-bond donors (Lipinski definition) is 1. The molecule has 3 atom stereocenters. The molecule has 1 aliphatic carbocycles. The summed E-state index contributed by atoms with van der Waals surface area (Å²) >= 11 is 0. The van der Waals surface area contributed by atoms with Gasteiger partial charge in [0.05, 0.1) is 0 Å². The maximum absolute atomic E-state index is 12.4. The lowest BCUT2D eigenvalue weighted by Gasteiger charge is -2.36. The van der Waals surface area contributed by atoms with E-state index in [0.29, 0.717) is 29.7 Å². The van der Waals surface area contributed by atoms with Crippen molar-refractivity contribution >= 4 is 5.78 Å². The average Bonchev–Trinajstić information content (AvgIpc) is 2.94. The van der Waals surface area contributed by atoms with Gasteiger partial charge in [-0.2, -0.15) is 5.26 Å². The van der Waals surface area contributed by atoms with E-state index in [1.54, 1.807) is 26.0 Å². The lowest BCUT2D eigenvalue weighted by molar-refractivity contribution is -0.111. The zero-order valence-electron chi connectivity index (χ0n) is 15.5. The summed E-state index contributed by atoms with van der Waals surface area (Å²) in [6.45, 7) is 9.60. The normalized spacial score (nSPS) is 40.2. The highest BCUT2D eigenvalue weighted by atomic mass is 16.5. The van der Waals surface area contributed by atoms with E-state index in [1.165, 1.54) is 0 Å². The third-order valence-corrected chi connectivity index (χ3v) is 5.61. The van der Waals surface area contributed by atoms with E-state index in [0.717, 1.165) is 5.57 Å². The number of hydrogen-bond acceptors (Lipinski definition) is 4. The van der Waals surface area contributed by atoms with Crippen LogP contribution in [0.1, 0.15) is 47.5 Å². The van der Waals surface area contributed by atoms with Crippen molar-refractivity contribution in [2.24, 2.45) is 11.3 Å². The Morgan fingerprint density at radius 2 is 2.04 bits per heavy atom. The summed E-state index contributed by atoms with van der Waals surface area (Å²) in [5.74, 6) is 0.736. The summed E-state index contributed by atoms with van der Waals surface area (Å²) in [7, 11) is 0. The molecule has 0 unspecified atom stereocenters. The minimum absolute atomic E-state index is 0.0624. The molecule has 0 aromatic carbocycles. The molecule has 2 heterocycles. The summed E-state index contributed by atoms with van der Waals surface area (Å²) in [5, 5.41) is 21.2. The molecule has 0 aromatic heterocycles. The molecule has 3 rings (SSSR count). The second kappa shape index (κ2) is 5.44. The number of carbonyl (C=O) groups excluding carboxylic acids is 1. The number of nitrogens with zero attached hydrogens (tertiary/aromatic N) is 1. The summed E-state index contributed by atoms with van der Waals surface area (Å²) in [6.07, 6.45) is 8.30. The Morgan fingerprint density at radius 1 is 1.36 bits per heavy atom. The van der Waals surface area contributed by atoms with Gasteiger partial charge in [0.1, 0.15) is 11.8 Å². The fourth-order valence-electron chi connectivity index (χ4n) is 4.11. The van der Waals surface area contributed by atoms with E-state index >= 15 is 0 Å². The van der Waals surface area contributed by atoms with Crippen molar-refractivity contribution in [2.75, 3.05) is 0 Å². The molecule has 4 heteroatoms. The van der Waals surface area contributed by atoms with Crippen LogP contribution < -0.4 is 0 Å². The molecule has 0 radical (unpaired) electrons. The van der Waals surface area contributed by atoms with Crippen LogP contribution in [0, 0.1) is 22.7 Å². The lowest BCUT2D eigenvalue weighted by atomic mass is 9.74. The fourth-order valence-corrected chi connectivity index (χ4v) is 4.11. The molecule has 0 aromatic rings. The molecule has 132 valence electrons. The zero-order valence-corrected chi connectivity index (χ0v) is 15.5. The molecular weight excluding hydrogens is 314 g/mol. The van der Waals surface area contributed by atoms with E-state index < -0.39 is 11.2 Å². The first-order chi connectivity index (χ1) is 11.5. The first-order valence-electron chi connectivity index (χ1n) is 8.72. The van der Waals surface area contributed by atoms with Crippen molar-refractivity contribution in [3.05, 3.63) is 46.8 Å². The third-order valence-electron chi connectivity index (χ3n) is 5.61. The van der Waals surface area contributed by atoms with E-state index in [9.17, 15) is 15.2 Å². The van der Waals surface area contributed by atoms with Crippen molar-refractivity contribution in [1.82, 2.24) is 0 Å².